The predicted molar refractivity (Wildman–Crippen MR) is 107 cm³/mol. The molecule has 6 nitrogen and oxygen atoms in total. The third-order valence-electron chi connectivity index (χ3n) is 4.20. The van der Waals surface area contributed by atoms with Crippen molar-refractivity contribution in [2.75, 3.05) is 5.32 Å². The molecular formula is C20H16ClN5O. The fraction of sp³-hybridized carbons (Fsp3) is 0.0500. The van der Waals surface area contributed by atoms with Gasteiger partial charge < -0.3 is 16.0 Å². The van der Waals surface area contributed by atoms with Crippen LogP contribution in [0.5, 0.6) is 0 Å². The van der Waals surface area contributed by atoms with Gasteiger partial charge in [0.05, 0.1) is 21.6 Å². The smallest absolute Gasteiger partial charge is 0.250 e. The van der Waals surface area contributed by atoms with Gasteiger partial charge in [0.25, 0.3) is 0 Å². The van der Waals surface area contributed by atoms with Gasteiger partial charge in [0, 0.05) is 18.3 Å². The Morgan fingerprint density at radius 2 is 1.93 bits per heavy atom. The van der Waals surface area contributed by atoms with Gasteiger partial charge in [-0.15, -0.1) is 0 Å². The number of carbonyl (C=O) groups is 1. The van der Waals surface area contributed by atoms with Crippen molar-refractivity contribution in [3.05, 3.63) is 76.9 Å². The molecule has 0 aliphatic rings. The first-order valence-corrected chi connectivity index (χ1v) is 8.71. The fourth-order valence-corrected chi connectivity index (χ4v) is 2.99. The highest BCUT2D eigenvalue weighted by Crippen LogP contribution is 2.23. The van der Waals surface area contributed by atoms with Gasteiger partial charge in [-0.25, -0.2) is 9.97 Å². The first kappa shape index (κ1) is 17.1. The van der Waals surface area contributed by atoms with Crippen molar-refractivity contribution in [1.29, 1.82) is 0 Å². The Bertz CT molecular complexity index is 1090. The molecule has 134 valence electrons. The monoisotopic (exact) mass is 377 g/mol. The molecule has 0 fully saturated rings. The van der Waals surface area contributed by atoms with Crippen molar-refractivity contribution in [2.24, 2.45) is 5.73 Å². The number of hydrogen-bond acceptors (Lipinski definition) is 4. The van der Waals surface area contributed by atoms with Crippen LogP contribution in [0.25, 0.3) is 22.4 Å². The van der Waals surface area contributed by atoms with E-state index >= 15 is 0 Å². The molecule has 2 heterocycles. The molecule has 0 saturated heterocycles. The first-order chi connectivity index (χ1) is 13.1. The minimum atomic E-state index is -0.558. The van der Waals surface area contributed by atoms with Gasteiger partial charge in [0.2, 0.25) is 5.91 Å². The van der Waals surface area contributed by atoms with E-state index in [0.29, 0.717) is 17.4 Å². The molecule has 0 bridgehead atoms. The van der Waals surface area contributed by atoms with Crippen LogP contribution < -0.4 is 11.1 Å². The molecule has 0 unspecified atom stereocenters. The summed E-state index contributed by atoms with van der Waals surface area (Å²) >= 11 is 6.14. The number of benzene rings is 2. The Morgan fingerprint density at radius 1 is 1.15 bits per heavy atom. The maximum Gasteiger partial charge on any atom is 0.250 e. The van der Waals surface area contributed by atoms with Gasteiger partial charge >= 0.3 is 0 Å². The number of para-hydroxylation sites is 2. The molecule has 7 heteroatoms. The highest BCUT2D eigenvalue weighted by molar-refractivity contribution is 6.33. The lowest BCUT2D eigenvalue weighted by molar-refractivity contribution is 0.1000. The van der Waals surface area contributed by atoms with Crippen LogP contribution in [0.1, 0.15) is 15.9 Å². The maximum absolute atomic E-state index is 11.1. The number of nitrogens with two attached hydrogens (primary N) is 1. The molecular weight excluding hydrogens is 362 g/mol. The molecule has 4 N–H and O–H groups in total. The van der Waals surface area contributed by atoms with Crippen molar-refractivity contribution >= 4 is 34.4 Å². The largest absolute Gasteiger partial charge is 0.366 e. The zero-order valence-electron chi connectivity index (χ0n) is 14.2. The summed E-state index contributed by atoms with van der Waals surface area (Å²) in [5, 5.41) is 3.51. The van der Waals surface area contributed by atoms with E-state index in [1.54, 1.807) is 0 Å². The number of hydrogen-bond donors (Lipinski definition) is 3. The number of primary amides is 1. The van der Waals surface area contributed by atoms with Crippen LogP contribution in [0.15, 0.2) is 60.8 Å². The second kappa shape index (κ2) is 7.09. The summed E-state index contributed by atoms with van der Waals surface area (Å²) in [5.41, 5.74) is 9.53. The standard InChI is InChI=1S/C20H16ClN5O/c21-15-9-14(18(22)27)11-24-20(15)23-10-12-5-7-13(8-6-12)19-25-16-3-1-2-4-17(16)26-19/h1-9,11H,10H2,(H2,22,27)(H,23,24)(H,25,26). The van der Waals surface area contributed by atoms with Crippen molar-refractivity contribution in [3.8, 4) is 11.4 Å². The van der Waals surface area contributed by atoms with Crippen LogP contribution in [0.2, 0.25) is 5.02 Å². The number of imidazole rings is 1. The van der Waals surface area contributed by atoms with Crippen molar-refractivity contribution in [2.45, 2.75) is 6.54 Å². The van der Waals surface area contributed by atoms with E-state index in [2.05, 4.69) is 20.3 Å². The van der Waals surface area contributed by atoms with Crippen molar-refractivity contribution in [3.63, 3.8) is 0 Å². The van der Waals surface area contributed by atoms with Gasteiger partial charge in [0.15, 0.2) is 0 Å². The number of aromatic nitrogens is 3. The lowest BCUT2D eigenvalue weighted by Gasteiger charge is -2.08. The SMILES string of the molecule is NC(=O)c1cnc(NCc2ccc(-c3nc4ccccc4[nH]3)cc2)c(Cl)c1. The van der Waals surface area contributed by atoms with Crippen LogP contribution in [0, 0.1) is 0 Å². The minimum absolute atomic E-state index is 0.278. The normalized spacial score (nSPS) is 10.9. The molecule has 0 saturated carbocycles. The van der Waals surface area contributed by atoms with Crippen LogP contribution in [-0.4, -0.2) is 20.9 Å². The lowest BCUT2D eigenvalue weighted by Crippen LogP contribution is -2.12. The van der Waals surface area contributed by atoms with Crippen LogP contribution in [-0.2, 0) is 6.54 Å². The Labute approximate surface area is 160 Å². The Balaban J connectivity index is 1.47. The third kappa shape index (κ3) is 3.61. The summed E-state index contributed by atoms with van der Waals surface area (Å²) < 4.78 is 0. The van der Waals surface area contributed by atoms with E-state index < -0.39 is 5.91 Å². The summed E-state index contributed by atoms with van der Waals surface area (Å²) in [5.74, 6) is 0.780. The zero-order chi connectivity index (χ0) is 18.8. The summed E-state index contributed by atoms with van der Waals surface area (Å²) in [4.78, 5) is 23.2. The van der Waals surface area contributed by atoms with E-state index in [9.17, 15) is 4.79 Å². The maximum atomic E-state index is 11.1. The number of nitrogens with one attached hydrogen (secondary N) is 2. The summed E-state index contributed by atoms with van der Waals surface area (Å²) in [6.07, 6.45) is 1.40. The fourth-order valence-electron chi connectivity index (χ4n) is 2.76. The second-order valence-corrected chi connectivity index (χ2v) is 6.48. The van der Waals surface area contributed by atoms with E-state index in [1.165, 1.54) is 12.3 Å². The summed E-state index contributed by atoms with van der Waals surface area (Å²) in [6.45, 7) is 0.545. The molecule has 27 heavy (non-hydrogen) atoms. The van der Waals surface area contributed by atoms with Gasteiger partial charge in [-0.05, 0) is 23.8 Å². The average Bonchev–Trinajstić information content (AvgIpc) is 3.11. The van der Waals surface area contributed by atoms with E-state index in [1.807, 2.05) is 48.5 Å². The number of H-pyrrole nitrogens is 1. The average molecular weight is 378 g/mol. The predicted octanol–water partition coefficient (Wildman–Crippen LogP) is 3.99. The van der Waals surface area contributed by atoms with Gasteiger partial charge in [-0.3, -0.25) is 4.79 Å². The number of nitrogens with zero attached hydrogens (tertiary/aromatic N) is 2. The zero-order valence-corrected chi connectivity index (χ0v) is 15.0. The van der Waals surface area contributed by atoms with Crippen LogP contribution in [0.3, 0.4) is 0 Å². The second-order valence-electron chi connectivity index (χ2n) is 6.07. The first-order valence-electron chi connectivity index (χ1n) is 8.33. The number of rotatable bonds is 5. The van der Waals surface area contributed by atoms with E-state index in [4.69, 9.17) is 17.3 Å². The topological polar surface area (TPSA) is 96.7 Å². The van der Waals surface area contributed by atoms with Gasteiger partial charge in [-0.2, -0.15) is 0 Å². The number of halogens is 1. The quantitative estimate of drug-likeness (QED) is 0.490. The molecule has 1 amide bonds. The third-order valence-corrected chi connectivity index (χ3v) is 4.49. The Kier molecular flexibility index (Phi) is 4.48. The Morgan fingerprint density at radius 3 is 2.63 bits per heavy atom. The molecule has 0 aliphatic carbocycles. The highest BCUT2D eigenvalue weighted by atomic mass is 35.5. The van der Waals surface area contributed by atoms with E-state index in [0.717, 1.165) is 28.0 Å². The molecule has 2 aromatic heterocycles. The number of fused-ring (bicyclic) bond motifs is 1. The summed E-state index contributed by atoms with van der Waals surface area (Å²) in [7, 11) is 0. The van der Waals surface area contributed by atoms with Crippen molar-refractivity contribution in [1.82, 2.24) is 15.0 Å². The number of amides is 1. The number of anilines is 1. The lowest BCUT2D eigenvalue weighted by atomic mass is 10.1. The number of carbonyl (C=O) groups excluding carboxylic acids is 1. The summed E-state index contributed by atoms with van der Waals surface area (Å²) in [6, 6.07) is 17.5. The van der Waals surface area contributed by atoms with E-state index in [-0.39, 0.29) is 5.56 Å². The molecule has 0 atom stereocenters. The number of aromatic amines is 1. The van der Waals surface area contributed by atoms with Gasteiger partial charge in [-0.1, -0.05) is 48.0 Å². The number of pyridine rings is 1. The van der Waals surface area contributed by atoms with Gasteiger partial charge in [0.1, 0.15) is 11.6 Å². The van der Waals surface area contributed by atoms with Crippen LogP contribution in [0.4, 0.5) is 5.82 Å². The van der Waals surface area contributed by atoms with Crippen LogP contribution >= 0.6 is 11.6 Å². The molecule has 2 aromatic carbocycles. The molecule has 4 rings (SSSR count). The molecule has 0 aliphatic heterocycles. The molecule has 0 spiro atoms. The highest BCUT2D eigenvalue weighted by Gasteiger charge is 2.08. The molecule has 4 aromatic rings. The molecule has 0 radical (unpaired) electrons. The Hall–Kier alpha value is -3.38. The minimum Gasteiger partial charge on any atom is -0.366 e. The van der Waals surface area contributed by atoms with Crippen molar-refractivity contribution < 1.29 is 4.79 Å².